The van der Waals surface area contributed by atoms with Crippen LogP contribution < -0.4 is 9.80 Å². The van der Waals surface area contributed by atoms with E-state index < -0.39 is 0 Å². The van der Waals surface area contributed by atoms with E-state index in [1.165, 1.54) is 99.3 Å². The molecule has 0 aliphatic heterocycles. The lowest BCUT2D eigenvalue weighted by atomic mass is 9.91. The van der Waals surface area contributed by atoms with Crippen molar-refractivity contribution in [1.29, 1.82) is 0 Å². The van der Waals surface area contributed by atoms with E-state index in [9.17, 15) is 0 Å². The average molecular weight is 773 g/mol. The molecule has 0 fully saturated rings. The van der Waals surface area contributed by atoms with Crippen LogP contribution in [0.15, 0.2) is 182 Å². The van der Waals surface area contributed by atoms with Gasteiger partial charge in [-0.2, -0.15) is 0 Å². The van der Waals surface area contributed by atoms with Crippen LogP contribution in [0, 0.1) is 41.5 Å². The van der Waals surface area contributed by atoms with Crippen molar-refractivity contribution in [3.05, 3.63) is 215 Å². The molecule has 10 rings (SSSR count). The average Bonchev–Trinajstić information content (AvgIpc) is 3.25. The quantitative estimate of drug-likeness (QED) is 0.142. The van der Waals surface area contributed by atoms with E-state index in [4.69, 9.17) is 0 Å². The zero-order chi connectivity index (χ0) is 41.1. The first kappa shape index (κ1) is 37.1. The summed E-state index contributed by atoms with van der Waals surface area (Å²) in [6.07, 6.45) is 0. The van der Waals surface area contributed by atoms with Crippen LogP contribution in [0.4, 0.5) is 34.1 Å². The summed E-state index contributed by atoms with van der Waals surface area (Å²) in [4.78, 5) is 4.99. The summed E-state index contributed by atoms with van der Waals surface area (Å²) in [5.41, 5.74) is 19.2. The fraction of sp³-hybridized carbons (Fsp3) is 0.103. The van der Waals surface area contributed by atoms with E-state index >= 15 is 0 Å². The van der Waals surface area contributed by atoms with Crippen LogP contribution in [0.25, 0.3) is 54.6 Å². The van der Waals surface area contributed by atoms with E-state index in [1.807, 2.05) is 0 Å². The summed E-state index contributed by atoms with van der Waals surface area (Å²) in [6.45, 7) is 13.3. The first-order valence-electron chi connectivity index (χ1n) is 21.0. The first-order valence-corrected chi connectivity index (χ1v) is 21.0. The van der Waals surface area contributed by atoms with Crippen molar-refractivity contribution in [1.82, 2.24) is 0 Å². The lowest BCUT2D eigenvalue weighted by molar-refractivity contribution is 1.24. The number of anilines is 6. The van der Waals surface area contributed by atoms with Gasteiger partial charge in [-0.3, -0.25) is 0 Å². The van der Waals surface area contributed by atoms with Gasteiger partial charge in [0.25, 0.3) is 0 Å². The van der Waals surface area contributed by atoms with Gasteiger partial charge in [0.05, 0.1) is 11.4 Å². The molecule has 2 nitrogen and oxygen atoms in total. The Balaban J connectivity index is 1.24. The third-order valence-electron chi connectivity index (χ3n) is 12.1. The minimum atomic E-state index is 1.16. The van der Waals surface area contributed by atoms with Crippen LogP contribution in [0.3, 0.4) is 0 Å². The minimum absolute atomic E-state index is 1.16. The third-order valence-corrected chi connectivity index (χ3v) is 12.1. The van der Waals surface area contributed by atoms with Gasteiger partial charge < -0.3 is 9.80 Å². The van der Waals surface area contributed by atoms with Crippen LogP contribution >= 0.6 is 0 Å². The molecule has 0 aliphatic carbocycles. The maximum absolute atomic E-state index is 2.49. The summed E-state index contributed by atoms with van der Waals surface area (Å²) in [5, 5.41) is 7.49. The Bertz CT molecular complexity index is 2960. The maximum atomic E-state index is 2.49. The van der Waals surface area contributed by atoms with Crippen molar-refractivity contribution in [2.45, 2.75) is 41.5 Å². The van der Waals surface area contributed by atoms with Gasteiger partial charge in [-0.05, 0) is 167 Å². The van der Waals surface area contributed by atoms with Gasteiger partial charge in [-0.1, -0.05) is 133 Å². The van der Waals surface area contributed by atoms with Crippen molar-refractivity contribution >= 4 is 66.4 Å². The Hall–Kier alpha value is -7.16. The van der Waals surface area contributed by atoms with E-state index in [0.29, 0.717) is 0 Å². The highest BCUT2D eigenvalue weighted by molar-refractivity contribution is 6.28. The summed E-state index contributed by atoms with van der Waals surface area (Å²) >= 11 is 0. The topological polar surface area (TPSA) is 6.48 Å². The van der Waals surface area contributed by atoms with Crippen molar-refractivity contribution in [2.75, 3.05) is 9.80 Å². The lowest BCUT2D eigenvalue weighted by Crippen LogP contribution is -2.13. The molecule has 0 N–H and O–H groups in total. The molecule has 0 heterocycles. The molecular formula is C58H48N2. The zero-order valence-electron chi connectivity index (χ0n) is 35.2. The SMILES string of the molecule is Cc1cc(C)cc(N(c2cc(-c3ccccc3)ccc2C)c2ccc3ccc4c(N(c5cc(C)cc(C)c5)c5cc(-c6ccccc6)ccc5C)ccc5ccc2c3c54)c1. The summed E-state index contributed by atoms with van der Waals surface area (Å²) < 4.78 is 0. The number of rotatable bonds is 8. The van der Waals surface area contributed by atoms with E-state index in [-0.39, 0.29) is 0 Å². The van der Waals surface area contributed by atoms with Gasteiger partial charge in [0, 0.05) is 33.5 Å². The van der Waals surface area contributed by atoms with Gasteiger partial charge in [-0.25, -0.2) is 0 Å². The Morgan fingerprint density at radius 1 is 0.283 bits per heavy atom. The third kappa shape index (κ3) is 6.55. The molecule has 2 heteroatoms. The van der Waals surface area contributed by atoms with Crippen molar-refractivity contribution < 1.29 is 0 Å². The number of hydrogen-bond donors (Lipinski definition) is 0. The normalized spacial score (nSPS) is 11.5. The predicted molar refractivity (Wildman–Crippen MR) is 259 cm³/mol. The summed E-state index contributed by atoms with van der Waals surface area (Å²) in [6, 6.07) is 67.7. The number of nitrogens with zero attached hydrogens (tertiary/aromatic N) is 2. The highest BCUT2D eigenvalue weighted by atomic mass is 15.2. The molecule has 10 aromatic carbocycles. The highest BCUT2D eigenvalue weighted by Gasteiger charge is 2.24. The maximum Gasteiger partial charge on any atom is 0.0540 e. The van der Waals surface area contributed by atoms with Crippen molar-refractivity contribution in [3.8, 4) is 22.3 Å². The molecule has 60 heavy (non-hydrogen) atoms. The summed E-state index contributed by atoms with van der Waals surface area (Å²) in [7, 11) is 0. The fourth-order valence-corrected chi connectivity index (χ4v) is 9.46. The largest absolute Gasteiger partial charge is 0.310 e. The molecule has 0 amide bonds. The molecule has 10 aromatic rings. The monoisotopic (exact) mass is 772 g/mol. The van der Waals surface area contributed by atoms with Crippen LogP contribution in [0.2, 0.25) is 0 Å². The molecule has 0 unspecified atom stereocenters. The second-order valence-corrected chi connectivity index (χ2v) is 16.7. The minimum Gasteiger partial charge on any atom is -0.310 e. The number of benzene rings is 10. The zero-order valence-corrected chi connectivity index (χ0v) is 35.2. The Kier molecular flexibility index (Phi) is 9.22. The molecule has 0 aromatic heterocycles. The van der Waals surface area contributed by atoms with Crippen molar-refractivity contribution in [2.24, 2.45) is 0 Å². The molecule has 0 bridgehead atoms. The second-order valence-electron chi connectivity index (χ2n) is 16.7. The standard InChI is InChI=1S/C58H48N2/c1-37-29-38(2)32-49(31-37)59(55-35-47(19-17-41(55)5)43-13-9-7-10-14-43)53-27-23-45-22-26-52-54(28-24-46-21-25-51(53)57(45)58(46)52)60(50-33-39(3)30-40(4)34-50)56-36-48(20-18-42(56)6)44-15-11-8-12-16-44/h7-36H,1-6H3. The van der Waals surface area contributed by atoms with Gasteiger partial charge in [-0.15, -0.1) is 0 Å². The van der Waals surface area contributed by atoms with Crippen LogP contribution in [0.1, 0.15) is 33.4 Å². The van der Waals surface area contributed by atoms with E-state index in [0.717, 1.165) is 22.7 Å². The van der Waals surface area contributed by atoms with Gasteiger partial charge >= 0.3 is 0 Å². The Morgan fingerprint density at radius 3 is 1.03 bits per heavy atom. The number of hydrogen-bond acceptors (Lipinski definition) is 2. The molecule has 0 radical (unpaired) electrons. The van der Waals surface area contributed by atoms with Crippen molar-refractivity contribution in [3.63, 3.8) is 0 Å². The molecule has 0 spiro atoms. The van der Waals surface area contributed by atoms with Crippen LogP contribution in [-0.4, -0.2) is 0 Å². The van der Waals surface area contributed by atoms with Gasteiger partial charge in [0.2, 0.25) is 0 Å². The van der Waals surface area contributed by atoms with Gasteiger partial charge in [0.1, 0.15) is 0 Å². The molecule has 0 saturated heterocycles. The Labute approximate surface area is 354 Å². The molecule has 0 saturated carbocycles. The Morgan fingerprint density at radius 2 is 0.650 bits per heavy atom. The molecule has 0 atom stereocenters. The van der Waals surface area contributed by atoms with E-state index in [2.05, 4.69) is 233 Å². The van der Waals surface area contributed by atoms with Crippen LogP contribution in [0.5, 0.6) is 0 Å². The predicted octanol–water partition coefficient (Wildman–Crippen LogP) is 16.7. The summed E-state index contributed by atoms with van der Waals surface area (Å²) in [5.74, 6) is 0. The van der Waals surface area contributed by atoms with E-state index in [1.54, 1.807) is 0 Å². The fourth-order valence-electron chi connectivity index (χ4n) is 9.46. The second kappa shape index (κ2) is 14.9. The molecule has 0 aliphatic rings. The lowest BCUT2D eigenvalue weighted by Gasteiger charge is -2.31. The molecule has 290 valence electrons. The first-order chi connectivity index (χ1) is 29.2. The number of aryl methyl sites for hydroxylation is 6. The molecular weight excluding hydrogens is 725 g/mol. The van der Waals surface area contributed by atoms with Crippen LogP contribution in [-0.2, 0) is 0 Å². The van der Waals surface area contributed by atoms with Gasteiger partial charge in [0.15, 0.2) is 0 Å². The smallest absolute Gasteiger partial charge is 0.0540 e. The highest BCUT2D eigenvalue weighted by Crippen LogP contribution is 2.49.